The molecule has 2 heterocycles. The third-order valence-electron chi connectivity index (χ3n) is 7.50. The van der Waals surface area contributed by atoms with Gasteiger partial charge in [0.25, 0.3) is 0 Å². The highest BCUT2D eigenvalue weighted by molar-refractivity contribution is 6.30. The molecule has 9 heteroatoms. The van der Waals surface area contributed by atoms with Gasteiger partial charge < -0.3 is 20.1 Å². The summed E-state index contributed by atoms with van der Waals surface area (Å²) in [6, 6.07) is -0.286. The number of carbonyl (C=O) groups is 1. The number of aromatic nitrogens is 2. The molecule has 192 valence electrons. The molecule has 0 bridgehead atoms. The highest BCUT2D eigenvalue weighted by Crippen LogP contribution is 2.50. The van der Waals surface area contributed by atoms with Crippen molar-refractivity contribution in [2.75, 3.05) is 31.2 Å². The number of aliphatic hydroxyl groups excluding tert-OH is 1. The number of anilines is 1. The van der Waals surface area contributed by atoms with Gasteiger partial charge in [-0.05, 0) is 55.4 Å². The van der Waals surface area contributed by atoms with Crippen molar-refractivity contribution in [1.29, 1.82) is 0 Å². The highest BCUT2D eigenvalue weighted by atomic mass is 35.5. The topological polar surface area (TPSA) is 87.6 Å². The number of allylic oxidation sites excluding steroid dienone is 1. The number of hydrogen-bond donors (Lipinski definition) is 2. The molecule has 2 N–H and O–H groups in total. The molecular weight excluding hydrogens is 471 g/mol. The summed E-state index contributed by atoms with van der Waals surface area (Å²) in [5.41, 5.74) is 0.396. The van der Waals surface area contributed by atoms with E-state index >= 15 is 0 Å². The van der Waals surface area contributed by atoms with Gasteiger partial charge in [0.05, 0.1) is 42.6 Å². The first-order chi connectivity index (χ1) is 17.0. The average Bonchev–Trinajstić information content (AvgIpc) is 3.64. The summed E-state index contributed by atoms with van der Waals surface area (Å²) >= 11 is 5.89. The molecule has 4 rings (SSSR count). The summed E-state index contributed by atoms with van der Waals surface area (Å²) in [5.74, 6) is 2.40. The van der Waals surface area contributed by atoms with Crippen LogP contribution in [0.5, 0.6) is 0 Å². The van der Waals surface area contributed by atoms with E-state index in [1.165, 1.54) is 6.42 Å². The molecule has 1 saturated heterocycles. The molecular formula is C26H36ClFN4O3. The number of ether oxygens (including phenoxy) is 1. The van der Waals surface area contributed by atoms with Crippen LogP contribution >= 0.6 is 11.6 Å². The number of nitrogens with zero attached hydrogens (tertiary/aromatic N) is 3. The zero-order chi connectivity index (χ0) is 24.8. The SMILES string of the molecule is CCC(CO)NC(=O)CC1=C(F)CC(OCC[C@@H]2C[C@@H]2C2CCN(c3ncc(Cl)cn3)CC2)C=C1. The van der Waals surface area contributed by atoms with Crippen LogP contribution in [0.1, 0.15) is 51.9 Å². The largest absolute Gasteiger partial charge is 0.394 e. The molecule has 1 aromatic heterocycles. The molecule has 0 radical (unpaired) electrons. The van der Waals surface area contributed by atoms with Gasteiger partial charge in [0, 0.05) is 26.1 Å². The van der Waals surface area contributed by atoms with Gasteiger partial charge in [-0.2, -0.15) is 0 Å². The molecule has 1 aliphatic heterocycles. The lowest BCUT2D eigenvalue weighted by Gasteiger charge is -2.32. The minimum Gasteiger partial charge on any atom is -0.394 e. The first kappa shape index (κ1) is 26.0. The number of hydrogen-bond acceptors (Lipinski definition) is 6. The fourth-order valence-corrected chi connectivity index (χ4v) is 5.33. The first-order valence-corrected chi connectivity index (χ1v) is 13.1. The maximum Gasteiger partial charge on any atom is 0.225 e. The molecule has 1 amide bonds. The van der Waals surface area contributed by atoms with Gasteiger partial charge in [-0.25, -0.2) is 14.4 Å². The van der Waals surface area contributed by atoms with Gasteiger partial charge in [0.1, 0.15) is 5.83 Å². The molecule has 3 aliphatic rings. The Balaban J connectivity index is 1.12. The van der Waals surface area contributed by atoms with Crippen molar-refractivity contribution in [1.82, 2.24) is 15.3 Å². The van der Waals surface area contributed by atoms with Crippen molar-refractivity contribution in [3.8, 4) is 0 Å². The zero-order valence-electron chi connectivity index (χ0n) is 20.3. The molecule has 4 atom stereocenters. The maximum atomic E-state index is 14.5. The van der Waals surface area contributed by atoms with Crippen LogP contribution in [0.25, 0.3) is 0 Å². The summed E-state index contributed by atoms with van der Waals surface area (Å²) in [6.07, 6.45) is 11.9. The van der Waals surface area contributed by atoms with Gasteiger partial charge in [-0.15, -0.1) is 0 Å². The number of aliphatic hydroxyl groups is 1. The Morgan fingerprint density at radius 2 is 2.09 bits per heavy atom. The second-order valence-electron chi connectivity index (χ2n) is 9.91. The third-order valence-corrected chi connectivity index (χ3v) is 7.70. The molecule has 1 aromatic rings. The molecule has 1 saturated carbocycles. The van der Waals surface area contributed by atoms with Gasteiger partial charge in [0.2, 0.25) is 11.9 Å². The summed E-state index contributed by atoms with van der Waals surface area (Å²) in [5, 5.41) is 12.5. The normalized spacial score (nSPS) is 25.6. The fourth-order valence-electron chi connectivity index (χ4n) is 5.23. The van der Waals surface area contributed by atoms with E-state index in [1.807, 2.05) is 13.0 Å². The Morgan fingerprint density at radius 3 is 2.74 bits per heavy atom. The lowest BCUT2D eigenvalue weighted by atomic mass is 9.90. The average molecular weight is 507 g/mol. The number of piperidine rings is 1. The predicted octanol–water partition coefficient (Wildman–Crippen LogP) is 4.22. The standard InChI is InChI=1S/C26H36ClFN4O3/c1-2-21(16-33)31-25(34)12-19-3-4-22(13-24(19)28)35-10-7-18-11-23(18)17-5-8-32(9-6-17)26-29-14-20(27)15-30-26/h3-4,14-15,17-18,21-23,33H,2,5-13,16H2,1H3,(H,31,34)/t18-,21?,22?,23-/m1/s1. The predicted molar refractivity (Wildman–Crippen MR) is 134 cm³/mol. The number of rotatable bonds is 11. The van der Waals surface area contributed by atoms with Crippen molar-refractivity contribution in [3.05, 3.63) is 41.0 Å². The number of nitrogens with one attached hydrogen (secondary N) is 1. The summed E-state index contributed by atoms with van der Waals surface area (Å²) in [4.78, 5) is 23.0. The summed E-state index contributed by atoms with van der Waals surface area (Å²) in [7, 11) is 0. The molecule has 2 fully saturated rings. The van der Waals surface area contributed by atoms with Crippen LogP contribution in [0.2, 0.25) is 5.02 Å². The van der Waals surface area contributed by atoms with E-state index in [9.17, 15) is 14.3 Å². The zero-order valence-corrected chi connectivity index (χ0v) is 21.1. The Bertz CT molecular complexity index is 914. The number of carbonyl (C=O) groups excluding carboxylic acids is 1. The monoisotopic (exact) mass is 506 g/mol. The van der Waals surface area contributed by atoms with Crippen molar-refractivity contribution in [3.63, 3.8) is 0 Å². The van der Waals surface area contributed by atoms with Gasteiger partial charge in [0.15, 0.2) is 0 Å². The molecule has 35 heavy (non-hydrogen) atoms. The van der Waals surface area contributed by atoms with Crippen LogP contribution in [-0.4, -0.2) is 59.4 Å². The minimum atomic E-state index is -0.287. The highest BCUT2D eigenvalue weighted by Gasteiger charge is 2.43. The lowest BCUT2D eigenvalue weighted by Crippen LogP contribution is -2.37. The first-order valence-electron chi connectivity index (χ1n) is 12.8. The minimum absolute atomic E-state index is 0.0156. The van der Waals surface area contributed by atoms with Crippen molar-refractivity contribution in [2.24, 2.45) is 17.8 Å². The number of halogens is 2. The van der Waals surface area contributed by atoms with Crippen LogP contribution in [-0.2, 0) is 9.53 Å². The van der Waals surface area contributed by atoms with Crippen molar-refractivity contribution in [2.45, 2.75) is 64.0 Å². The van der Waals surface area contributed by atoms with Crippen molar-refractivity contribution >= 4 is 23.5 Å². The Morgan fingerprint density at radius 1 is 1.34 bits per heavy atom. The van der Waals surface area contributed by atoms with Crippen LogP contribution in [0.4, 0.5) is 10.3 Å². The fraction of sp³-hybridized carbons (Fsp3) is 0.654. The van der Waals surface area contributed by atoms with E-state index < -0.39 is 0 Å². The van der Waals surface area contributed by atoms with Crippen LogP contribution in [0, 0.1) is 17.8 Å². The van der Waals surface area contributed by atoms with E-state index in [1.54, 1.807) is 18.5 Å². The third kappa shape index (κ3) is 7.24. The second kappa shape index (κ2) is 12.3. The molecule has 2 aliphatic carbocycles. The smallest absolute Gasteiger partial charge is 0.225 e. The second-order valence-corrected chi connectivity index (χ2v) is 10.3. The molecule has 7 nitrogen and oxygen atoms in total. The molecule has 0 spiro atoms. The van der Waals surface area contributed by atoms with Gasteiger partial charge >= 0.3 is 0 Å². The van der Waals surface area contributed by atoms with E-state index in [0.29, 0.717) is 29.5 Å². The number of amides is 1. The van der Waals surface area contributed by atoms with E-state index in [-0.39, 0.29) is 43.3 Å². The summed E-state index contributed by atoms with van der Waals surface area (Å²) in [6.45, 7) is 4.35. The van der Waals surface area contributed by atoms with E-state index in [0.717, 1.165) is 50.1 Å². The Hall–Kier alpha value is -2.03. The Kier molecular flexibility index (Phi) is 9.14. The van der Waals surface area contributed by atoms with Crippen molar-refractivity contribution < 1.29 is 19.0 Å². The van der Waals surface area contributed by atoms with Crippen LogP contribution in [0.15, 0.2) is 35.9 Å². The van der Waals surface area contributed by atoms with Gasteiger partial charge in [-0.1, -0.05) is 30.7 Å². The van der Waals surface area contributed by atoms with Crippen LogP contribution < -0.4 is 10.2 Å². The van der Waals surface area contributed by atoms with E-state index in [2.05, 4.69) is 20.2 Å². The summed E-state index contributed by atoms with van der Waals surface area (Å²) < 4.78 is 20.5. The van der Waals surface area contributed by atoms with Crippen LogP contribution in [0.3, 0.4) is 0 Å². The lowest BCUT2D eigenvalue weighted by molar-refractivity contribution is -0.121. The quantitative estimate of drug-likeness (QED) is 0.467. The molecule has 0 aromatic carbocycles. The maximum absolute atomic E-state index is 14.5. The van der Waals surface area contributed by atoms with Gasteiger partial charge in [-0.3, -0.25) is 4.79 Å². The Labute approximate surface area is 211 Å². The molecule has 2 unspecified atom stereocenters. The van der Waals surface area contributed by atoms with E-state index in [4.69, 9.17) is 16.3 Å².